The molecule has 0 heterocycles. The maximum atomic E-state index is 12.4. The van der Waals surface area contributed by atoms with Gasteiger partial charge in [-0.05, 0) is 89.6 Å². The average Bonchev–Trinajstić information content (AvgIpc) is 3.24. The van der Waals surface area contributed by atoms with Crippen molar-refractivity contribution in [3.05, 3.63) is 90.0 Å². The maximum Gasteiger partial charge on any atom is 1.00 e. The molecule has 33 heteroatoms. The fraction of sp³-hybridized carbons (Fsp3) is 0.128. The molecule has 0 saturated heterocycles. The van der Waals surface area contributed by atoms with E-state index < -0.39 is 120 Å². The van der Waals surface area contributed by atoms with Crippen LogP contribution in [-0.2, 0) is 50.6 Å². The Morgan fingerprint density at radius 1 is 0.569 bits per heavy atom. The van der Waals surface area contributed by atoms with Crippen molar-refractivity contribution in [1.82, 2.24) is 4.90 Å². The van der Waals surface area contributed by atoms with Crippen molar-refractivity contribution < 1.29 is 134 Å². The second kappa shape index (κ2) is 23.9. The molecule has 6 rings (SSSR count). The number of azo groups is 2. The van der Waals surface area contributed by atoms with Gasteiger partial charge in [0.25, 0.3) is 30.4 Å². The average molecular weight is 1100 g/mol. The number of aliphatic hydroxyl groups excluding tert-OH is 2. The van der Waals surface area contributed by atoms with Crippen LogP contribution in [0, 0.1) is 0 Å². The maximum absolute atomic E-state index is 12.4. The van der Waals surface area contributed by atoms with Crippen molar-refractivity contribution in [2.24, 2.45) is 20.5 Å². The molecule has 6 aromatic rings. The van der Waals surface area contributed by atoms with E-state index in [0.717, 1.165) is 48.6 Å². The molecule has 0 spiro atoms. The molecule has 0 aliphatic carbocycles. The van der Waals surface area contributed by atoms with Gasteiger partial charge in [0.1, 0.15) is 46.3 Å². The third kappa shape index (κ3) is 15.1. The van der Waals surface area contributed by atoms with Crippen molar-refractivity contribution in [1.29, 1.82) is 0 Å². The second-order valence-corrected chi connectivity index (χ2v) is 21.4. The number of hydrogen-bond donors (Lipinski definition) is 9. The predicted molar refractivity (Wildman–Crippen MR) is 247 cm³/mol. The van der Waals surface area contributed by atoms with Crippen LogP contribution in [0.3, 0.4) is 0 Å². The van der Waals surface area contributed by atoms with Gasteiger partial charge in [0, 0.05) is 35.2 Å². The van der Waals surface area contributed by atoms with Crippen LogP contribution in [0.5, 0.6) is 11.5 Å². The first kappa shape index (κ1) is 61.3. The van der Waals surface area contributed by atoms with Gasteiger partial charge in [0.2, 0.25) is 0 Å². The number of aliphatic hydroxyl groups is 2. The number of aromatic hydroxyl groups is 2. The number of anilines is 2. The number of rotatable bonds is 15. The van der Waals surface area contributed by atoms with Gasteiger partial charge in [-0.25, -0.2) is 16.8 Å². The zero-order valence-electron chi connectivity index (χ0n) is 37.5. The summed E-state index contributed by atoms with van der Waals surface area (Å²) in [7, 11) is -24.1. The van der Waals surface area contributed by atoms with Crippen LogP contribution in [0.4, 0.5) is 34.1 Å². The molecule has 0 aromatic heterocycles. The number of hydrogen-bond acceptors (Lipinski definition) is 23. The van der Waals surface area contributed by atoms with E-state index in [1.54, 1.807) is 0 Å². The van der Waals surface area contributed by atoms with Crippen LogP contribution < -0.4 is 59.9 Å². The van der Waals surface area contributed by atoms with Crippen molar-refractivity contribution in [3.8, 4) is 11.5 Å². The van der Waals surface area contributed by atoms with Gasteiger partial charge in [-0.2, -0.15) is 35.5 Å². The Morgan fingerprint density at radius 2 is 1.03 bits per heavy atom. The molecule has 0 atom stereocenters. The number of likely N-dealkylation sites (N-methyl/N-ethyl adjacent to an activating group) is 1. The summed E-state index contributed by atoms with van der Waals surface area (Å²) in [6.07, 6.45) is 1.93. The summed E-state index contributed by atoms with van der Waals surface area (Å²) in [5.74, 6) is -1.87. The minimum Gasteiger partial charge on any atom is -0.744 e. The van der Waals surface area contributed by atoms with E-state index in [2.05, 4.69) is 20.5 Å². The standard InChI is InChI=1S/C34H26N6O17S5.C5H13NO2.Li.Na/c35-20-6-3-18-10-28(61(52,53)54)31(33(41)24(18)12-20)39-37-21-7-4-16(26(13-21)59(46,47)48)1-2-17-5-8-22(14-27(17)60(49,50)51)38-40-32-29(62(55,56)57)11-19-9-23(58(43,44)45)15-25(36)30(19)34(32)42;1-6(2-4-7)3-5-8;;/h1-15,41-42H,35-36H2,(H,43,44,45)(H,46,47,48)(H,49,50,51)(H,52,53,54)(H,55,56,57);7-8H,2-5H2,1H3;;/q;;2*+1/p-2. The normalized spacial score (nSPS) is 12.6. The molecule has 0 bridgehead atoms. The van der Waals surface area contributed by atoms with Crippen molar-refractivity contribution >= 4 is 118 Å². The van der Waals surface area contributed by atoms with Crippen LogP contribution in [-0.4, -0.2) is 124 Å². The van der Waals surface area contributed by atoms with Gasteiger partial charge in [-0.3, -0.25) is 13.7 Å². The number of nitrogens with two attached hydrogens (primary N) is 2. The number of phenolic OH excluding ortho intramolecular Hbond substituents is 2. The predicted octanol–water partition coefficient (Wildman–Crippen LogP) is -1.97. The number of phenols is 2. The fourth-order valence-electron chi connectivity index (χ4n) is 6.32. The summed E-state index contributed by atoms with van der Waals surface area (Å²) in [6, 6.07) is 12.5. The van der Waals surface area contributed by atoms with Crippen molar-refractivity contribution in [2.45, 2.75) is 24.5 Å². The van der Waals surface area contributed by atoms with Crippen LogP contribution >= 0.6 is 0 Å². The van der Waals surface area contributed by atoms with Crippen LogP contribution in [0.2, 0.25) is 0 Å². The molecule has 6 aromatic carbocycles. The van der Waals surface area contributed by atoms with E-state index in [1.807, 2.05) is 11.9 Å². The monoisotopic (exact) mass is 1100 g/mol. The third-order valence-electron chi connectivity index (χ3n) is 9.55. The first-order valence-corrected chi connectivity index (χ1v) is 26.2. The molecule has 0 aliphatic rings. The van der Waals surface area contributed by atoms with Crippen LogP contribution in [0.25, 0.3) is 33.7 Å². The third-order valence-corrected chi connectivity index (χ3v) is 13.9. The molecular formula is C39H37LiN7NaO19S5. The molecule has 0 unspecified atom stereocenters. The molecule has 0 fully saturated rings. The Morgan fingerprint density at radius 3 is 1.46 bits per heavy atom. The first-order chi connectivity index (χ1) is 32.3. The Kier molecular flexibility index (Phi) is 20.4. The van der Waals surface area contributed by atoms with Gasteiger partial charge < -0.3 is 45.9 Å². The largest absolute Gasteiger partial charge is 1.00 e. The second-order valence-electron chi connectivity index (χ2n) is 14.5. The summed E-state index contributed by atoms with van der Waals surface area (Å²) in [5, 5.41) is 52.3. The SMILES string of the molecule is CN(CCO)CCO.Nc1ccc2cc(S(=O)(=O)O)c(N=Nc3ccc(C=Cc4ccc(N=Nc5c(S(=O)(=O)[O-])cc6cc(S(=O)(=O)[O-])cc(N)c6c5O)cc4S(=O)(=O)O)c(S(=O)(=O)O)c3)c(O)c2c1.[Li+].[Na+]. The van der Waals surface area contributed by atoms with Crippen molar-refractivity contribution in [3.63, 3.8) is 0 Å². The van der Waals surface area contributed by atoms with E-state index in [4.69, 9.17) is 21.7 Å². The Hall–Kier alpha value is -4.99. The van der Waals surface area contributed by atoms with Crippen LogP contribution in [0.15, 0.2) is 124 Å². The molecule has 11 N–H and O–H groups in total. The number of nitrogen functional groups attached to an aromatic ring is 2. The quantitative estimate of drug-likeness (QED) is 0.0177. The Labute approximate surface area is 444 Å². The topological polar surface area (TPSA) is 463 Å². The van der Waals surface area contributed by atoms with Crippen molar-refractivity contribution in [2.75, 3.05) is 44.8 Å². The van der Waals surface area contributed by atoms with E-state index >= 15 is 0 Å². The molecule has 0 aliphatic heterocycles. The Balaban J connectivity index is 0.00000126. The molecular weight excluding hydrogens is 1060 g/mol. The molecule has 72 heavy (non-hydrogen) atoms. The zero-order valence-corrected chi connectivity index (χ0v) is 43.5. The summed E-state index contributed by atoms with van der Waals surface area (Å²) >= 11 is 0. The van der Waals surface area contributed by atoms with Gasteiger partial charge >= 0.3 is 48.4 Å². The summed E-state index contributed by atoms with van der Waals surface area (Å²) in [4.78, 5) is -2.97. The molecule has 374 valence electrons. The number of benzene rings is 6. The van der Waals surface area contributed by atoms with E-state index in [9.17, 15) is 75.1 Å². The number of nitrogens with zero attached hydrogens (tertiary/aromatic N) is 5. The fourth-order valence-corrected chi connectivity index (χ4v) is 9.57. The summed E-state index contributed by atoms with van der Waals surface area (Å²) in [6.45, 7) is 1.61. The van der Waals surface area contributed by atoms with Gasteiger partial charge in [0.15, 0.2) is 11.5 Å². The molecule has 0 radical (unpaired) electrons. The van der Waals surface area contributed by atoms with E-state index in [1.165, 1.54) is 18.2 Å². The number of fused-ring (bicyclic) bond motifs is 2. The van der Waals surface area contributed by atoms with Crippen LogP contribution in [0.1, 0.15) is 11.1 Å². The smallest absolute Gasteiger partial charge is 0.744 e. The minimum absolute atomic E-state index is 0. The first-order valence-electron chi connectivity index (χ1n) is 19.0. The van der Waals surface area contributed by atoms with Gasteiger partial charge in [-0.15, -0.1) is 10.2 Å². The molecule has 0 saturated carbocycles. The summed E-state index contributed by atoms with van der Waals surface area (Å²) < 4.78 is 175. The van der Waals surface area contributed by atoms with E-state index in [-0.39, 0.29) is 94.9 Å². The minimum atomic E-state index is -5.53. The van der Waals surface area contributed by atoms with Gasteiger partial charge in [-0.1, -0.05) is 30.4 Å². The van der Waals surface area contributed by atoms with E-state index in [0.29, 0.717) is 37.4 Å². The molecule has 0 amide bonds. The van der Waals surface area contributed by atoms with Gasteiger partial charge in [0.05, 0.1) is 34.4 Å². The molecule has 26 nitrogen and oxygen atoms in total. The summed E-state index contributed by atoms with van der Waals surface area (Å²) in [5.41, 5.74) is 7.90. The Bertz CT molecular complexity index is 3750. The zero-order chi connectivity index (χ0) is 52.3.